The Balaban J connectivity index is 1.64. The van der Waals surface area contributed by atoms with Crippen LogP contribution >= 0.6 is 0 Å². The van der Waals surface area contributed by atoms with Gasteiger partial charge in [-0.05, 0) is 29.8 Å². The molecule has 0 saturated carbocycles. The zero-order valence-corrected chi connectivity index (χ0v) is 15.4. The van der Waals surface area contributed by atoms with E-state index in [1.165, 1.54) is 22.1 Å². The van der Waals surface area contributed by atoms with Crippen LogP contribution in [0.25, 0.3) is 11.0 Å². The molecule has 140 valence electrons. The first-order valence-electron chi connectivity index (χ1n) is 8.90. The molecule has 2 N–H and O–H groups in total. The van der Waals surface area contributed by atoms with Gasteiger partial charge in [0.15, 0.2) is 11.5 Å². The predicted molar refractivity (Wildman–Crippen MR) is 101 cm³/mol. The second-order valence-electron chi connectivity index (χ2n) is 6.85. The molecule has 4 rings (SSSR count). The molecule has 0 amide bonds. The summed E-state index contributed by atoms with van der Waals surface area (Å²) in [5.74, 6) is 1.58. The number of quaternary nitrogens is 1. The Morgan fingerprint density at radius 2 is 1.81 bits per heavy atom. The topological polar surface area (TPSA) is 73.3 Å². The summed E-state index contributed by atoms with van der Waals surface area (Å²) in [6, 6.07) is 10.6. The monoisotopic (exact) mass is 368 g/mol. The average Bonchev–Trinajstić information content (AvgIpc) is 2.66. The smallest absolute Gasteiger partial charge is 0.336 e. The highest BCUT2D eigenvalue weighted by molar-refractivity contribution is 5.81. The van der Waals surface area contributed by atoms with Crippen LogP contribution in [-0.2, 0) is 19.5 Å². The zero-order valence-electron chi connectivity index (χ0n) is 15.4. The molecule has 0 saturated heterocycles. The number of phenols is 1. The number of rotatable bonds is 4. The van der Waals surface area contributed by atoms with Gasteiger partial charge in [-0.3, -0.25) is 0 Å². The minimum absolute atomic E-state index is 0.0862. The number of nitrogens with one attached hydrogen (secondary N) is 1. The van der Waals surface area contributed by atoms with E-state index in [9.17, 15) is 9.90 Å². The van der Waals surface area contributed by atoms with Crippen LogP contribution in [0.1, 0.15) is 16.7 Å². The van der Waals surface area contributed by atoms with Crippen LogP contribution in [0.2, 0.25) is 0 Å². The van der Waals surface area contributed by atoms with Gasteiger partial charge in [0.2, 0.25) is 0 Å². The van der Waals surface area contributed by atoms with Gasteiger partial charge in [-0.2, -0.15) is 0 Å². The highest BCUT2D eigenvalue weighted by Gasteiger charge is 2.23. The van der Waals surface area contributed by atoms with Crippen molar-refractivity contribution in [1.82, 2.24) is 0 Å². The summed E-state index contributed by atoms with van der Waals surface area (Å²) >= 11 is 0. The van der Waals surface area contributed by atoms with Crippen molar-refractivity contribution in [2.24, 2.45) is 0 Å². The van der Waals surface area contributed by atoms with E-state index in [-0.39, 0.29) is 5.75 Å². The lowest BCUT2D eigenvalue weighted by atomic mass is 9.98. The van der Waals surface area contributed by atoms with Crippen LogP contribution in [0.4, 0.5) is 0 Å². The summed E-state index contributed by atoms with van der Waals surface area (Å²) in [5, 5.41) is 10.5. The van der Waals surface area contributed by atoms with E-state index < -0.39 is 5.63 Å². The Kier molecular flexibility index (Phi) is 4.49. The SMILES string of the molecule is COc1cc2c(cc1OC)C[NH+](Cc1cc(=O)oc3cc(O)ccc13)CC2. The second-order valence-corrected chi connectivity index (χ2v) is 6.85. The minimum atomic E-state index is -0.397. The number of fused-ring (bicyclic) bond motifs is 2. The van der Waals surface area contributed by atoms with Crippen molar-refractivity contribution < 1.29 is 23.9 Å². The van der Waals surface area contributed by atoms with Crippen LogP contribution in [0.15, 0.2) is 45.6 Å². The second kappa shape index (κ2) is 6.96. The van der Waals surface area contributed by atoms with E-state index in [0.717, 1.165) is 42.0 Å². The maximum Gasteiger partial charge on any atom is 0.336 e. The zero-order chi connectivity index (χ0) is 19.0. The van der Waals surface area contributed by atoms with Gasteiger partial charge in [0.1, 0.15) is 24.4 Å². The van der Waals surface area contributed by atoms with Crippen LogP contribution in [0, 0.1) is 0 Å². The molecule has 2 heterocycles. The van der Waals surface area contributed by atoms with E-state index in [1.54, 1.807) is 32.4 Å². The molecule has 1 aromatic heterocycles. The highest BCUT2D eigenvalue weighted by Crippen LogP contribution is 2.31. The van der Waals surface area contributed by atoms with Gasteiger partial charge < -0.3 is 23.9 Å². The van der Waals surface area contributed by atoms with Crippen molar-refractivity contribution in [2.75, 3.05) is 20.8 Å². The van der Waals surface area contributed by atoms with Crippen molar-refractivity contribution in [1.29, 1.82) is 0 Å². The lowest BCUT2D eigenvalue weighted by molar-refractivity contribution is -0.929. The van der Waals surface area contributed by atoms with E-state index >= 15 is 0 Å². The van der Waals surface area contributed by atoms with Crippen molar-refractivity contribution in [3.8, 4) is 17.2 Å². The summed E-state index contributed by atoms with van der Waals surface area (Å²) in [5.41, 5.74) is 3.46. The molecule has 1 unspecified atom stereocenters. The first-order valence-corrected chi connectivity index (χ1v) is 8.90. The van der Waals surface area contributed by atoms with Crippen LogP contribution in [0.5, 0.6) is 17.2 Å². The van der Waals surface area contributed by atoms with Gasteiger partial charge in [-0.25, -0.2) is 4.79 Å². The van der Waals surface area contributed by atoms with Crippen molar-refractivity contribution in [2.45, 2.75) is 19.5 Å². The maximum atomic E-state index is 11.9. The van der Waals surface area contributed by atoms with Gasteiger partial charge in [-0.1, -0.05) is 0 Å². The molecule has 1 aliphatic rings. The van der Waals surface area contributed by atoms with Gasteiger partial charge in [0, 0.05) is 35.1 Å². The van der Waals surface area contributed by atoms with Gasteiger partial charge in [0.05, 0.1) is 20.8 Å². The lowest BCUT2D eigenvalue weighted by Gasteiger charge is -2.27. The largest absolute Gasteiger partial charge is 0.508 e. The molecular formula is C21H22NO5+. The van der Waals surface area contributed by atoms with Gasteiger partial charge >= 0.3 is 5.63 Å². The fourth-order valence-corrected chi connectivity index (χ4v) is 3.81. The molecule has 1 atom stereocenters. The fourth-order valence-electron chi connectivity index (χ4n) is 3.81. The Bertz CT molecular complexity index is 1060. The Labute approximate surface area is 156 Å². The third kappa shape index (κ3) is 3.36. The standard InChI is InChI=1S/C21H21NO5/c1-25-19-7-13-5-6-22(11-14(13)8-20(19)26-2)12-15-9-21(24)27-18-10-16(23)3-4-17(15)18/h3-4,7-10,23H,5-6,11-12H2,1-2H3/p+1. The molecule has 2 aromatic carbocycles. The van der Waals surface area contributed by atoms with E-state index in [4.69, 9.17) is 13.9 Å². The summed E-state index contributed by atoms with van der Waals surface area (Å²) in [4.78, 5) is 13.3. The molecule has 1 aliphatic heterocycles. The average molecular weight is 368 g/mol. The number of phenolic OH excluding ortho intramolecular Hbond substituents is 1. The van der Waals surface area contributed by atoms with Crippen molar-refractivity contribution in [3.63, 3.8) is 0 Å². The normalized spacial score (nSPS) is 16.1. The predicted octanol–water partition coefficient (Wildman–Crippen LogP) is 1.66. The van der Waals surface area contributed by atoms with E-state index in [2.05, 4.69) is 6.07 Å². The summed E-state index contributed by atoms with van der Waals surface area (Å²) in [7, 11) is 3.29. The van der Waals surface area contributed by atoms with Crippen LogP contribution in [0.3, 0.4) is 0 Å². The Hall–Kier alpha value is -2.99. The summed E-state index contributed by atoms with van der Waals surface area (Å²) in [6.45, 7) is 2.51. The number of benzene rings is 2. The number of aromatic hydroxyl groups is 1. The van der Waals surface area contributed by atoms with Crippen LogP contribution < -0.4 is 20.0 Å². The Morgan fingerprint density at radius 3 is 2.56 bits per heavy atom. The van der Waals surface area contributed by atoms with Gasteiger partial charge in [-0.15, -0.1) is 0 Å². The van der Waals surface area contributed by atoms with Crippen LogP contribution in [-0.4, -0.2) is 25.9 Å². The molecule has 27 heavy (non-hydrogen) atoms. The third-order valence-electron chi connectivity index (χ3n) is 5.15. The number of hydrogen-bond acceptors (Lipinski definition) is 5. The molecular weight excluding hydrogens is 346 g/mol. The maximum absolute atomic E-state index is 11.9. The third-order valence-corrected chi connectivity index (χ3v) is 5.15. The minimum Gasteiger partial charge on any atom is -0.508 e. The molecule has 3 aromatic rings. The molecule has 6 heteroatoms. The molecule has 0 radical (unpaired) electrons. The number of hydrogen-bond donors (Lipinski definition) is 2. The molecule has 6 nitrogen and oxygen atoms in total. The first kappa shape index (κ1) is 17.4. The lowest BCUT2D eigenvalue weighted by Crippen LogP contribution is -3.10. The van der Waals surface area contributed by atoms with Crippen molar-refractivity contribution in [3.05, 3.63) is 63.5 Å². The Morgan fingerprint density at radius 1 is 1.07 bits per heavy atom. The first-order chi connectivity index (χ1) is 13.1. The molecule has 0 aliphatic carbocycles. The van der Waals surface area contributed by atoms with Gasteiger partial charge in [0.25, 0.3) is 0 Å². The van der Waals surface area contributed by atoms with Crippen molar-refractivity contribution >= 4 is 11.0 Å². The number of methoxy groups -OCH3 is 2. The van der Waals surface area contributed by atoms with E-state index in [1.807, 2.05) is 6.07 Å². The molecule has 0 bridgehead atoms. The quantitative estimate of drug-likeness (QED) is 0.685. The summed E-state index contributed by atoms with van der Waals surface area (Å²) < 4.78 is 16.1. The molecule has 0 spiro atoms. The fraction of sp³-hybridized carbons (Fsp3) is 0.286. The highest BCUT2D eigenvalue weighted by atomic mass is 16.5. The summed E-state index contributed by atoms with van der Waals surface area (Å²) in [6.07, 6.45) is 0.936. The van der Waals surface area contributed by atoms with E-state index in [0.29, 0.717) is 12.1 Å². The molecule has 0 fully saturated rings. The number of ether oxygens (including phenoxy) is 2.